The van der Waals surface area contributed by atoms with Crippen LogP contribution in [0, 0.1) is 0 Å². The zero-order chi connectivity index (χ0) is 14.6. The SMILES string of the molecule is C[C@@]12OCO[C@@H]1[C@@H](CO)O[C@H]2c1coc2c(N)ncnc12. The number of nitrogens with two attached hydrogens (primary N) is 1. The van der Waals surface area contributed by atoms with Crippen LogP contribution >= 0.6 is 0 Å². The first-order valence-corrected chi connectivity index (χ1v) is 6.64. The molecule has 8 heteroatoms. The summed E-state index contributed by atoms with van der Waals surface area (Å²) in [5.74, 6) is 0.272. The molecule has 0 spiro atoms. The van der Waals surface area contributed by atoms with Gasteiger partial charge in [0.1, 0.15) is 42.5 Å². The van der Waals surface area contributed by atoms with Gasteiger partial charge in [-0.3, -0.25) is 0 Å². The molecule has 2 aromatic rings. The lowest BCUT2D eigenvalue weighted by Crippen LogP contribution is -2.40. The maximum absolute atomic E-state index is 9.47. The minimum atomic E-state index is -0.704. The number of rotatable bonds is 2. The molecule has 0 unspecified atom stereocenters. The Morgan fingerprint density at radius 2 is 2.33 bits per heavy atom. The predicted octanol–water partition coefficient (Wildman–Crippen LogP) is 0.369. The van der Waals surface area contributed by atoms with E-state index in [1.165, 1.54) is 6.33 Å². The van der Waals surface area contributed by atoms with Crippen molar-refractivity contribution in [1.29, 1.82) is 0 Å². The molecule has 0 aromatic carbocycles. The predicted molar refractivity (Wildman–Crippen MR) is 70.1 cm³/mol. The van der Waals surface area contributed by atoms with Gasteiger partial charge in [-0.15, -0.1) is 0 Å². The highest BCUT2D eigenvalue weighted by Crippen LogP contribution is 2.49. The highest BCUT2D eigenvalue weighted by molar-refractivity contribution is 5.85. The van der Waals surface area contributed by atoms with Crippen LogP contribution in [-0.4, -0.2) is 46.3 Å². The van der Waals surface area contributed by atoms with Crippen molar-refractivity contribution in [2.45, 2.75) is 30.8 Å². The van der Waals surface area contributed by atoms with Crippen molar-refractivity contribution >= 4 is 16.9 Å². The van der Waals surface area contributed by atoms with Gasteiger partial charge in [-0.05, 0) is 6.92 Å². The Morgan fingerprint density at radius 1 is 1.48 bits per heavy atom. The summed E-state index contributed by atoms with van der Waals surface area (Å²) in [6, 6.07) is 0. The Hall–Kier alpha value is -1.74. The quantitative estimate of drug-likeness (QED) is 0.816. The molecule has 21 heavy (non-hydrogen) atoms. The number of furan rings is 1. The Morgan fingerprint density at radius 3 is 3.14 bits per heavy atom. The molecular weight excluding hydrogens is 278 g/mol. The highest BCUT2D eigenvalue weighted by atomic mass is 16.8. The molecule has 0 saturated carbocycles. The summed E-state index contributed by atoms with van der Waals surface area (Å²) in [5, 5.41) is 9.47. The van der Waals surface area contributed by atoms with Crippen LogP contribution in [0.5, 0.6) is 0 Å². The molecule has 3 N–H and O–H groups in total. The van der Waals surface area contributed by atoms with E-state index in [0.717, 1.165) is 0 Å². The molecule has 2 aromatic heterocycles. The molecule has 2 aliphatic heterocycles. The molecule has 0 amide bonds. The van der Waals surface area contributed by atoms with Gasteiger partial charge in [-0.25, -0.2) is 9.97 Å². The summed E-state index contributed by atoms with van der Waals surface area (Å²) in [4.78, 5) is 8.12. The van der Waals surface area contributed by atoms with Gasteiger partial charge in [0, 0.05) is 5.56 Å². The maximum Gasteiger partial charge on any atom is 0.194 e. The molecule has 0 bridgehead atoms. The van der Waals surface area contributed by atoms with E-state index in [9.17, 15) is 5.11 Å². The van der Waals surface area contributed by atoms with E-state index in [0.29, 0.717) is 16.7 Å². The number of anilines is 1. The number of fused-ring (bicyclic) bond motifs is 2. The van der Waals surface area contributed by atoms with Gasteiger partial charge in [-0.1, -0.05) is 0 Å². The molecule has 0 radical (unpaired) electrons. The Balaban J connectivity index is 1.83. The second-order valence-electron chi connectivity index (χ2n) is 5.40. The van der Waals surface area contributed by atoms with Gasteiger partial charge in [0.15, 0.2) is 11.4 Å². The third-order valence-electron chi connectivity index (χ3n) is 4.22. The monoisotopic (exact) mass is 293 g/mol. The molecule has 4 heterocycles. The molecular formula is C13H15N3O5. The Labute approximate surface area is 119 Å². The number of nitrogens with zero attached hydrogens (tertiary/aromatic N) is 2. The fourth-order valence-corrected chi connectivity index (χ4v) is 3.16. The molecule has 0 aliphatic carbocycles. The minimum absolute atomic E-state index is 0.146. The van der Waals surface area contributed by atoms with Crippen molar-refractivity contribution in [2.75, 3.05) is 19.1 Å². The van der Waals surface area contributed by atoms with Crippen LogP contribution in [-0.2, 0) is 14.2 Å². The van der Waals surface area contributed by atoms with Gasteiger partial charge < -0.3 is 29.5 Å². The summed E-state index contributed by atoms with van der Waals surface area (Å²) in [6.45, 7) is 1.92. The molecule has 4 atom stereocenters. The number of ether oxygens (including phenoxy) is 3. The molecule has 2 aliphatic rings. The van der Waals surface area contributed by atoms with Crippen molar-refractivity contribution < 1.29 is 23.7 Å². The maximum atomic E-state index is 9.47. The Kier molecular flexibility index (Phi) is 2.70. The minimum Gasteiger partial charge on any atom is -0.458 e. The van der Waals surface area contributed by atoms with Gasteiger partial charge in [-0.2, -0.15) is 0 Å². The second-order valence-corrected chi connectivity index (χ2v) is 5.40. The van der Waals surface area contributed by atoms with Crippen LogP contribution in [0.2, 0.25) is 0 Å². The first-order chi connectivity index (χ1) is 10.1. The van der Waals surface area contributed by atoms with Crippen LogP contribution in [0.15, 0.2) is 17.0 Å². The number of aliphatic hydroxyl groups is 1. The smallest absolute Gasteiger partial charge is 0.194 e. The first-order valence-electron chi connectivity index (χ1n) is 6.64. The van der Waals surface area contributed by atoms with Crippen molar-refractivity contribution in [2.24, 2.45) is 0 Å². The average Bonchev–Trinajstić information content (AvgIpc) is 3.11. The highest BCUT2D eigenvalue weighted by Gasteiger charge is 2.59. The summed E-state index contributed by atoms with van der Waals surface area (Å²) in [7, 11) is 0. The largest absolute Gasteiger partial charge is 0.458 e. The number of hydrogen-bond acceptors (Lipinski definition) is 8. The third kappa shape index (κ3) is 1.64. The Bertz CT molecular complexity index is 689. The van der Waals surface area contributed by atoms with Crippen molar-refractivity contribution in [1.82, 2.24) is 9.97 Å². The van der Waals surface area contributed by atoms with E-state index in [2.05, 4.69) is 9.97 Å². The van der Waals surface area contributed by atoms with Gasteiger partial charge in [0.05, 0.1) is 12.9 Å². The van der Waals surface area contributed by atoms with Crippen molar-refractivity contribution in [3.63, 3.8) is 0 Å². The molecule has 112 valence electrons. The van der Waals surface area contributed by atoms with E-state index >= 15 is 0 Å². The first kappa shape index (κ1) is 13.0. The zero-order valence-corrected chi connectivity index (χ0v) is 11.4. The normalized spacial score (nSPS) is 35.4. The number of nitrogen functional groups attached to an aromatic ring is 1. The number of aromatic nitrogens is 2. The van der Waals surface area contributed by atoms with Crippen LogP contribution in [0.3, 0.4) is 0 Å². The summed E-state index contributed by atoms with van der Waals surface area (Å²) in [6.07, 6.45) is 1.67. The second kappa shape index (κ2) is 4.38. The van der Waals surface area contributed by atoms with Crippen molar-refractivity contribution in [3.8, 4) is 0 Å². The molecule has 4 rings (SSSR count). The average molecular weight is 293 g/mol. The number of hydrogen-bond donors (Lipinski definition) is 2. The lowest BCUT2D eigenvalue weighted by molar-refractivity contribution is -0.105. The summed E-state index contributed by atoms with van der Waals surface area (Å²) in [5.41, 5.74) is 6.80. The van der Waals surface area contributed by atoms with Gasteiger partial charge in [0.2, 0.25) is 0 Å². The lowest BCUT2D eigenvalue weighted by atomic mass is 9.89. The third-order valence-corrected chi connectivity index (χ3v) is 4.22. The van der Waals surface area contributed by atoms with Crippen molar-refractivity contribution in [3.05, 3.63) is 18.2 Å². The van der Waals surface area contributed by atoms with E-state index in [1.54, 1.807) is 6.26 Å². The van der Waals surface area contributed by atoms with Crippen LogP contribution in [0.25, 0.3) is 11.1 Å². The van der Waals surface area contributed by atoms with Gasteiger partial charge >= 0.3 is 0 Å². The van der Waals surface area contributed by atoms with E-state index in [1.807, 2.05) is 6.92 Å². The van der Waals surface area contributed by atoms with E-state index in [4.69, 9.17) is 24.4 Å². The lowest BCUT2D eigenvalue weighted by Gasteiger charge is -2.25. The fourth-order valence-electron chi connectivity index (χ4n) is 3.16. The summed E-state index contributed by atoms with van der Waals surface area (Å²) < 4.78 is 22.7. The van der Waals surface area contributed by atoms with E-state index < -0.39 is 17.8 Å². The molecule has 2 fully saturated rings. The topological polar surface area (TPSA) is 113 Å². The zero-order valence-electron chi connectivity index (χ0n) is 11.4. The van der Waals surface area contributed by atoms with Gasteiger partial charge in [0.25, 0.3) is 0 Å². The van der Waals surface area contributed by atoms with Crippen LogP contribution < -0.4 is 5.73 Å². The molecule has 8 nitrogen and oxygen atoms in total. The fraction of sp³-hybridized carbons (Fsp3) is 0.538. The summed E-state index contributed by atoms with van der Waals surface area (Å²) >= 11 is 0. The van der Waals surface area contributed by atoms with Crippen LogP contribution in [0.4, 0.5) is 5.82 Å². The molecule has 2 saturated heterocycles. The standard InChI is InChI=1S/C13H15N3O5/c1-13-10(21-7(2-17)11(13)19-5-20-13)6-3-18-9-8(6)15-4-16-12(9)14/h3-4,7,10-11,17H,2,5H2,1H3,(H2,14,15,16)/t7-,10+,11-,13+/m1/s1. The van der Waals surface area contributed by atoms with Crippen LogP contribution in [0.1, 0.15) is 18.6 Å². The number of aliphatic hydroxyl groups excluding tert-OH is 1. The van der Waals surface area contributed by atoms with E-state index in [-0.39, 0.29) is 25.3 Å².